The van der Waals surface area contributed by atoms with Crippen molar-refractivity contribution in [2.24, 2.45) is 0 Å². The molecule has 1 fully saturated rings. The van der Waals surface area contributed by atoms with Crippen LogP contribution in [0, 0.1) is 5.82 Å². The summed E-state index contributed by atoms with van der Waals surface area (Å²) in [6, 6.07) is 5.73. The minimum absolute atomic E-state index is 0.0532. The Morgan fingerprint density at radius 1 is 1.33 bits per heavy atom. The highest BCUT2D eigenvalue weighted by Gasteiger charge is 2.33. The largest absolute Gasteiger partial charge is 0.468 e. The van der Waals surface area contributed by atoms with Crippen LogP contribution in [0.3, 0.4) is 0 Å². The van der Waals surface area contributed by atoms with Gasteiger partial charge in [0.15, 0.2) is 0 Å². The van der Waals surface area contributed by atoms with E-state index in [1.807, 2.05) is 4.90 Å². The molecule has 8 heteroatoms. The summed E-state index contributed by atoms with van der Waals surface area (Å²) >= 11 is 1.66. The molecule has 1 aromatic carbocycles. The van der Waals surface area contributed by atoms with Crippen LogP contribution in [0.5, 0.6) is 0 Å². The molecule has 0 unspecified atom stereocenters. The Kier molecular flexibility index (Phi) is 8.53. The lowest BCUT2D eigenvalue weighted by atomic mass is 10.2. The van der Waals surface area contributed by atoms with E-state index in [4.69, 9.17) is 9.47 Å². The van der Waals surface area contributed by atoms with E-state index in [1.54, 1.807) is 42.8 Å². The lowest BCUT2D eigenvalue weighted by Gasteiger charge is -2.30. The zero-order valence-corrected chi connectivity index (χ0v) is 16.8. The van der Waals surface area contributed by atoms with Crippen molar-refractivity contribution in [1.82, 2.24) is 9.80 Å². The fourth-order valence-corrected chi connectivity index (χ4v) is 4.31. The van der Waals surface area contributed by atoms with Gasteiger partial charge in [-0.25, -0.2) is 4.39 Å². The Morgan fingerprint density at radius 3 is 2.67 bits per heavy atom. The van der Waals surface area contributed by atoms with E-state index in [2.05, 4.69) is 0 Å². The maximum absolute atomic E-state index is 13.2. The van der Waals surface area contributed by atoms with Crippen LogP contribution in [0.15, 0.2) is 24.3 Å². The normalized spacial score (nSPS) is 18.0. The van der Waals surface area contributed by atoms with Crippen molar-refractivity contribution < 1.29 is 23.5 Å². The standard InChI is InChI=1S/C19H27FN2O4S/c1-14(19(24)26-3)21(9-4-11-25-2)13-17(23)22-10-12-27-18(22)15-5-7-16(20)8-6-15/h5-8,14,18H,4,9-13H2,1-3H3/t14-,18+/m0/s1. The first-order valence-corrected chi connectivity index (χ1v) is 10.00. The van der Waals surface area contributed by atoms with E-state index in [-0.39, 0.29) is 29.6 Å². The van der Waals surface area contributed by atoms with E-state index in [9.17, 15) is 14.0 Å². The maximum atomic E-state index is 13.2. The van der Waals surface area contributed by atoms with Crippen molar-refractivity contribution in [3.05, 3.63) is 35.6 Å². The Balaban J connectivity index is 2.07. The van der Waals surface area contributed by atoms with Crippen LogP contribution in [0.25, 0.3) is 0 Å². The van der Waals surface area contributed by atoms with Gasteiger partial charge in [-0.2, -0.15) is 0 Å². The second kappa shape index (κ2) is 10.6. The number of rotatable bonds is 9. The number of nitrogens with zero attached hydrogens (tertiary/aromatic N) is 2. The fraction of sp³-hybridized carbons (Fsp3) is 0.579. The van der Waals surface area contributed by atoms with Crippen LogP contribution < -0.4 is 0 Å². The van der Waals surface area contributed by atoms with E-state index in [1.165, 1.54) is 19.2 Å². The average Bonchev–Trinajstić information content (AvgIpc) is 3.16. The van der Waals surface area contributed by atoms with Gasteiger partial charge in [0, 0.05) is 32.6 Å². The lowest BCUT2D eigenvalue weighted by Crippen LogP contribution is -2.47. The molecule has 2 rings (SSSR count). The lowest BCUT2D eigenvalue weighted by molar-refractivity contribution is -0.147. The maximum Gasteiger partial charge on any atom is 0.322 e. The number of carbonyl (C=O) groups excluding carboxylic acids is 2. The SMILES string of the molecule is COCCCN(CC(=O)N1CCS[C@@H]1c1ccc(F)cc1)[C@@H](C)C(=O)OC. The molecule has 0 radical (unpaired) electrons. The molecular weight excluding hydrogens is 371 g/mol. The summed E-state index contributed by atoms with van der Waals surface area (Å²) in [6.45, 7) is 3.60. The van der Waals surface area contributed by atoms with Crippen molar-refractivity contribution in [1.29, 1.82) is 0 Å². The number of ether oxygens (including phenoxy) is 2. The van der Waals surface area contributed by atoms with Crippen LogP contribution >= 0.6 is 11.8 Å². The van der Waals surface area contributed by atoms with Gasteiger partial charge < -0.3 is 14.4 Å². The quantitative estimate of drug-likeness (QED) is 0.470. The molecule has 2 atom stereocenters. The number of hydrogen-bond acceptors (Lipinski definition) is 6. The van der Waals surface area contributed by atoms with E-state index < -0.39 is 6.04 Å². The summed E-state index contributed by atoms with van der Waals surface area (Å²) in [7, 11) is 2.96. The molecule has 6 nitrogen and oxygen atoms in total. The number of esters is 1. The van der Waals surface area contributed by atoms with E-state index in [0.29, 0.717) is 26.1 Å². The molecule has 1 amide bonds. The Hall–Kier alpha value is -1.64. The Morgan fingerprint density at radius 2 is 2.04 bits per heavy atom. The van der Waals surface area contributed by atoms with Crippen molar-refractivity contribution in [3.8, 4) is 0 Å². The van der Waals surface area contributed by atoms with Gasteiger partial charge >= 0.3 is 5.97 Å². The molecular formula is C19H27FN2O4S. The molecule has 0 bridgehead atoms. The third-order valence-electron chi connectivity index (χ3n) is 4.59. The zero-order chi connectivity index (χ0) is 19.8. The van der Waals surface area contributed by atoms with Gasteiger partial charge in [0.1, 0.15) is 17.2 Å². The first-order valence-electron chi connectivity index (χ1n) is 8.95. The Labute approximate surface area is 164 Å². The van der Waals surface area contributed by atoms with Crippen LogP contribution in [-0.2, 0) is 19.1 Å². The van der Waals surface area contributed by atoms with Gasteiger partial charge in [0.05, 0.1) is 13.7 Å². The molecule has 1 aromatic rings. The summed E-state index contributed by atoms with van der Waals surface area (Å²) in [5.74, 6) is 0.105. The molecule has 1 aliphatic rings. The molecule has 0 saturated carbocycles. The highest BCUT2D eigenvalue weighted by atomic mass is 32.2. The van der Waals surface area contributed by atoms with Gasteiger partial charge in [-0.15, -0.1) is 11.8 Å². The highest BCUT2D eigenvalue weighted by Crippen LogP contribution is 2.37. The molecule has 0 N–H and O–H groups in total. The molecule has 1 saturated heterocycles. The smallest absolute Gasteiger partial charge is 0.322 e. The summed E-state index contributed by atoms with van der Waals surface area (Å²) in [6.07, 6.45) is 0.710. The number of amides is 1. The first kappa shape index (κ1) is 21.7. The first-order chi connectivity index (χ1) is 13.0. The van der Waals surface area contributed by atoms with Gasteiger partial charge in [-0.1, -0.05) is 12.1 Å². The molecule has 150 valence electrons. The number of methoxy groups -OCH3 is 2. The molecule has 0 aliphatic carbocycles. The van der Waals surface area contributed by atoms with Crippen molar-refractivity contribution in [2.45, 2.75) is 24.8 Å². The second-order valence-corrected chi connectivity index (χ2v) is 7.57. The van der Waals surface area contributed by atoms with Gasteiger partial charge in [0.25, 0.3) is 0 Å². The predicted octanol–water partition coefficient (Wildman–Crippen LogP) is 2.30. The van der Waals surface area contributed by atoms with E-state index >= 15 is 0 Å². The van der Waals surface area contributed by atoms with E-state index in [0.717, 1.165) is 11.3 Å². The summed E-state index contributed by atoms with van der Waals surface area (Å²) in [4.78, 5) is 28.5. The van der Waals surface area contributed by atoms with Gasteiger partial charge in [0.2, 0.25) is 5.91 Å². The summed E-state index contributed by atoms with van der Waals surface area (Å²) in [5.41, 5.74) is 0.902. The molecule has 0 spiro atoms. The average molecular weight is 399 g/mol. The van der Waals surface area contributed by atoms with Crippen LogP contribution in [0.1, 0.15) is 24.3 Å². The molecule has 0 aromatic heterocycles. The van der Waals surface area contributed by atoms with Crippen molar-refractivity contribution in [3.63, 3.8) is 0 Å². The monoisotopic (exact) mass is 398 g/mol. The van der Waals surface area contributed by atoms with Crippen molar-refractivity contribution >= 4 is 23.6 Å². The van der Waals surface area contributed by atoms with Gasteiger partial charge in [-0.05, 0) is 31.0 Å². The Bertz CT molecular complexity index is 629. The fourth-order valence-electron chi connectivity index (χ4n) is 3.03. The number of benzene rings is 1. The topological polar surface area (TPSA) is 59.1 Å². The molecule has 1 heterocycles. The minimum atomic E-state index is -0.518. The summed E-state index contributed by atoms with van der Waals surface area (Å²) < 4.78 is 23.1. The number of thioether (sulfide) groups is 1. The van der Waals surface area contributed by atoms with Gasteiger partial charge in [-0.3, -0.25) is 14.5 Å². The third-order valence-corrected chi connectivity index (χ3v) is 5.85. The van der Waals surface area contributed by atoms with Crippen LogP contribution in [0.2, 0.25) is 0 Å². The second-order valence-electron chi connectivity index (χ2n) is 6.38. The summed E-state index contributed by atoms with van der Waals surface area (Å²) in [5, 5.41) is -0.132. The molecule has 27 heavy (non-hydrogen) atoms. The number of carbonyl (C=O) groups is 2. The minimum Gasteiger partial charge on any atom is -0.468 e. The number of hydrogen-bond donors (Lipinski definition) is 0. The van der Waals surface area contributed by atoms with Crippen LogP contribution in [0.4, 0.5) is 4.39 Å². The zero-order valence-electron chi connectivity index (χ0n) is 16.0. The van der Waals surface area contributed by atoms with Crippen LogP contribution in [-0.4, -0.2) is 73.9 Å². The molecule has 1 aliphatic heterocycles. The highest BCUT2D eigenvalue weighted by molar-refractivity contribution is 7.99. The van der Waals surface area contributed by atoms with Crippen molar-refractivity contribution in [2.75, 3.05) is 46.2 Å². The predicted molar refractivity (Wildman–Crippen MR) is 103 cm³/mol. The number of halogens is 1. The third kappa shape index (κ3) is 5.92.